The quantitative estimate of drug-likeness (QED) is 0.849. The first-order chi connectivity index (χ1) is 12.5. The van der Waals surface area contributed by atoms with Gasteiger partial charge in [0.05, 0.1) is 15.5 Å². The van der Waals surface area contributed by atoms with Gasteiger partial charge >= 0.3 is 0 Å². The van der Waals surface area contributed by atoms with Crippen molar-refractivity contribution in [3.63, 3.8) is 0 Å². The zero-order valence-electron chi connectivity index (χ0n) is 14.3. The minimum atomic E-state index is -3.56. The predicted octanol–water partition coefficient (Wildman–Crippen LogP) is 4.16. The minimum Gasteiger partial charge on any atom is -0.322 e. The molecule has 138 valence electrons. The van der Waals surface area contributed by atoms with Crippen molar-refractivity contribution in [3.05, 3.63) is 59.1 Å². The maximum atomic E-state index is 12.9. The average Bonchev–Trinajstić information content (AvgIpc) is 2.92. The lowest BCUT2D eigenvalue weighted by Crippen LogP contribution is -2.32. The molecule has 0 aliphatic carbocycles. The molecule has 1 N–H and O–H groups in total. The Balaban J connectivity index is 1.81. The number of anilines is 1. The number of halogens is 1. The van der Waals surface area contributed by atoms with Crippen molar-refractivity contribution in [1.82, 2.24) is 4.31 Å². The maximum absolute atomic E-state index is 12.9. The summed E-state index contributed by atoms with van der Waals surface area (Å²) >= 11 is 6.04. The van der Waals surface area contributed by atoms with Gasteiger partial charge in [0.15, 0.2) is 0 Å². The second-order valence-electron chi connectivity index (χ2n) is 6.28. The molecular weight excluding hydrogens is 372 g/mol. The van der Waals surface area contributed by atoms with E-state index in [2.05, 4.69) is 5.32 Å². The summed E-state index contributed by atoms with van der Waals surface area (Å²) in [5.41, 5.74) is 0.765. The number of hydrogen-bond acceptors (Lipinski definition) is 3. The molecule has 1 aliphatic rings. The number of carbonyl (C=O) groups is 1. The Morgan fingerprint density at radius 3 is 2.35 bits per heavy atom. The van der Waals surface area contributed by atoms with Gasteiger partial charge in [-0.25, -0.2) is 8.42 Å². The van der Waals surface area contributed by atoms with Crippen molar-refractivity contribution in [2.24, 2.45) is 0 Å². The van der Waals surface area contributed by atoms with E-state index < -0.39 is 10.0 Å². The van der Waals surface area contributed by atoms with E-state index in [9.17, 15) is 13.2 Å². The molecule has 1 fully saturated rings. The molecule has 2 aromatic rings. The van der Waals surface area contributed by atoms with Crippen LogP contribution in [0.15, 0.2) is 53.4 Å². The van der Waals surface area contributed by atoms with Crippen molar-refractivity contribution in [2.45, 2.75) is 30.6 Å². The predicted molar refractivity (Wildman–Crippen MR) is 103 cm³/mol. The largest absolute Gasteiger partial charge is 0.322 e. The molecule has 0 aromatic heterocycles. The van der Waals surface area contributed by atoms with Gasteiger partial charge in [0.1, 0.15) is 0 Å². The fraction of sp³-hybridized carbons (Fsp3) is 0.316. The number of benzene rings is 2. The topological polar surface area (TPSA) is 66.5 Å². The summed E-state index contributed by atoms with van der Waals surface area (Å²) in [7, 11) is -3.56. The highest BCUT2D eigenvalue weighted by Gasteiger charge is 2.25. The van der Waals surface area contributed by atoms with E-state index in [-0.39, 0.29) is 10.8 Å². The fourth-order valence-corrected chi connectivity index (χ4v) is 4.79. The van der Waals surface area contributed by atoms with Crippen LogP contribution in [0.5, 0.6) is 0 Å². The smallest absolute Gasteiger partial charge is 0.257 e. The number of hydrogen-bond donors (Lipinski definition) is 1. The van der Waals surface area contributed by atoms with Crippen molar-refractivity contribution in [3.8, 4) is 0 Å². The third-order valence-electron chi connectivity index (χ3n) is 4.41. The zero-order valence-corrected chi connectivity index (χ0v) is 15.9. The molecule has 0 saturated carbocycles. The zero-order chi connectivity index (χ0) is 18.6. The Morgan fingerprint density at radius 2 is 1.65 bits per heavy atom. The number of nitrogens with one attached hydrogen (secondary N) is 1. The summed E-state index contributed by atoms with van der Waals surface area (Å²) in [5, 5.41) is 3.07. The van der Waals surface area contributed by atoms with Gasteiger partial charge in [-0.2, -0.15) is 4.31 Å². The van der Waals surface area contributed by atoms with Gasteiger partial charge in [-0.3, -0.25) is 4.79 Å². The Morgan fingerprint density at radius 1 is 0.962 bits per heavy atom. The molecule has 5 nitrogen and oxygen atoms in total. The van der Waals surface area contributed by atoms with Gasteiger partial charge in [-0.05, 0) is 43.2 Å². The van der Waals surface area contributed by atoms with Crippen molar-refractivity contribution in [1.29, 1.82) is 0 Å². The molecule has 0 radical (unpaired) electrons. The Kier molecular flexibility index (Phi) is 5.96. The van der Waals surface area contributed by atoms with E-state index in [0.717, 1.165) is 25.7 Å². The van der Waals surface area contributed by atoms with Gasteiger partial charge in [-0.1, -0.05) is 42.6 Å². The highest BCUT2D eigenvalue weighted by molar-refractivity contribution is 7.89. The number of sulfonamides is 1. The lowest BCUT2D eigenvalue weighted by Gasteiger charge is -2.20. The summed E-state index contributed by atoms with van der Waals surface area (Å²) < 4.78 is 27.3. The standard InChI is InChI=1S/C19H21ClN2O3S/c20-18-11-4-3-10-17(18)19(23)21-15-8-7-9-16(14-15)26(24,25)22-12-5-1-2-6-13-22/h3-4,7-11,14H,1-2,5-6,12-13H2,(H,21,23). The van der Waals surface area contributed by atoms with Crippen LogP contribution < -0.4 is 5.32 Å². The summed E-state index contributed by atoms with van der Waals surface area (Å²) in [6.45, 7) is 1.08. The molecule has 3 rings (SSSR count). The Bertz CT molecular complexity index is 891. The second kappa shape index (κ2) is 8.20. The molecule has 0 unspecified atom stereocenters. The Hall–Kier alpha value is -1.89. The van der Waals surface area contributed by atoms with Gasteiger partial charge in [0.2, 0.25) is 10.0 Å². The van der Waals surface area contributed by atoms with Crippen LogP contribution in [0.1, 0.15) is 36.0 Å². The molecule has 2 aromatic carbocycles. The van der Waals surface area contributed by atoms with E-state index in [1.165, 1.54) is 10.4 Å². The molecule has 26 heavy (non-hydrogen) atoms. The Labute approximate surface area is 159 Å². The van der Waals surface area contributed by atoms with Crippen molar-refractivity contribution in [2.75, 3.05) is 18.4 Å². The van der Waals surface area contributed by atoms with E-state index in [4.69, 9.17) is 11.6 Å². The highest BCUT2D eigenvalue weighted by atomic mass is 35.5. The third kappa shape index (κ3) is 4.26. The van der Waals surface area contributed by atoms with E-state index >= 15 is 0 Å². The second-order valence-corrected chi connectivity index (χ2v) is 8.63. The van der Waals surface area contributed by atoms with Crippen LogP contribution in [0.3, 0.4) is 0 Å². The first-order valence-corrected chi connectivity index (χ1v) is 10.5. The van der Waals surface area contributed by atoms with Crippen LogP contribution in [0.2, 0.25) is 5.02 Å². The summed E-state index contributed by atoms with van der Waals surface area (Å²) in [6.07, 6.45) is 3.87. The van der Waals surface area contributed by atoms with Crippen LogP contribution in [-0.2, 0) is 10.0 Å². The fourth-order valence-electron chi connectivity index (χ4n) is 3.01. The third-order valence-corrected chi connectivity index (χ3v) is 6.64. The summed E-state index contributed by atoms with van der Waals surface area (Å²) in [4.78, 5) is 12.6. The monoisotopic (exact) mass is 392 g/mol. The minimum absolute atomic E-state index is 0.191. The first kappa shape index (κ1) is 18.9. The van der Waals surface area contributed by atoms with Crippen LogP contribution in [0, 0.1) is 0 Å². The summed E-state index contributed by atoms with van der Waals surface area (Å²) in [6, 6.07) is 13.1. The molecule has 0 bridgehead atoms. The molecule has 0 atom stereocenters. The molecule has 1 aliphatic heterocycles. The maximum Gasteiger partial charge on any atom is 0.257 e. The molecule has 0 spiro atoms. The van der Waals surface area contributed by atoms with Gasteiger partial charge in [0, 0.05) is 18.8 Å². The lowest BCUT2D eigenvalue weighted by molar-refractivity contribution is 0.102. The average molecular weight is 393 g/mol. The van der Waals surface area contributed by atoms with E-state index in [0.29, 0.717) is 29.4 Å². The number of carbonyl (C=O) groups excluding carboxylic acids is 1. The number of rotatable bonds is 4. The summed E-state index contributed by atoms with van der Waals surface area (Å²) in [5.74, 6) is -0.375. The number of nitrogens with zero attached hydrogens (tertiary/aromatic N) is 1. The molecule has 7 heteroatoms. The number of amides is 1. The van der Waals surface area contributed by atoms with Crippen molar-refractivity contribution >= 4 is 33.2 Å². The van der Waals surface area contributed by atoms with Gasteiger partial charge in [0.25, 0.3) is 5.91 Å². The normalized spacial score (nSPS) is 16.0. The highest BCUT2D eigenvalue weighted by Crippen LogP contribution is 2.23. The molecule has 1 saturated heterocycles. The molecule has 1 heterocycles. The van der Waals surface area contributed by atoms with E-state index in [1.807, 2.05) is 0 Å². The van der Waals surface area contributed by atoms with Crippen LogP contribution in [-0.4, -0.2) is 31.7 Å². The molecular formula is C19H21ClN2O3S. The van der Waals surface area contributed by atoms with Gasteiger partial charge < -0.3 is 5.32 Å². The SMILES string of the molecule is O=C(Nc1cccc(S(=O)(=O)N2CCCCCC2)c1)c1ccccc1Cl. The van der Waals surface area contributed by atoms with Crippen molar-refractivity contribution < 1.29 is 13.2 Å². The lowest BCUT2D eigenvalue weighted by atomic mass is 10.2. The van der Waals surface area contributed by atoms with Crippen LogP contribution in [0.4, 0.5) is 5.69 Å². The molecule has 1 amide bonds. The van der Waals surface area contributed by atoms with E-state index in [1.54, 1.807) is 42.5 Å². The van der Waals surface area contributed by atoms with Crippen LogP contribution in [0.25, 0.3) is 0 Å². The van der Waals surface area contributed by atoms with Gasteiger partial charge in [-0.15, -0.1) is 0 Å². The van der Waals surface area contributed by atoms with Crippen LogP contribution >= 0.6 is 11.6 Å². The first-order valence-electron chi connectivity index (χ1n) is 8.64.